The van der Waals surface area contributed by atoms with Crippen molar-refractivity contribution in [3.63, 3.8) is 0 Å². The number of amides is 1. The third-order valence-corrected chi connectivity index (χ3v) is 7.17. The predicted molar refractivity (Wildman–Crippen MR) is 133 cm³/mol. The molecule has 0 radical (unpaired) electrons. The number of nitrogens with one attached hydrogen (secondary N) is 2. The number of rotatable bonds is 11. The molecule has 34 heavy (non-hydrogen) atoms. The minimum atomic E-state index is 0.227. The van der Waals surface area contributed by atoms with E-state index in [-0.39, 0.29) is 11.8 Å². The molecular formula is C27H37N5O2. The van der Waals surface area contributed by atoms with E-state index in [1.54, 1.807) is 0 Å². The summed E-state index contributed by atoms with van der Waals surface area (Å²) >= 11 is 0. The molecule has 3 aliphatic rings. The molecule has 2 aromatic rings. The third-order valence-electron chi connectivity index (χ3n) is 7.17. The van der Waals surface area contributed by atoms with Gasteiger partial charge in [0.1, 0.15) is 11.6 Å². The first kappa shape index (κ1) is 23.2. The number of carbonyl (C=O) groups excluding carboxylic acids is 1. The number of morpholine rings is 1. The second-order valence-corrected chi connectivity index (χ2v) is 9.95. The quantitative estimate of drug-likeness (QED) is 0.497. The van der Waals surface area contributed by atoms with Crippen LogP contribution in [0.1, 0.15) is 67.0 Å². The van der Waals surface area contributed by atoms with Gasteiger partial charge in [0, 0.05) is 56.8 Å². The van der Waals surface area contributed by atoms with Gasteiger partial charge in [-0.25, -0.2) is 9.97 Å². The summed E-state index contributed by atoms with van der Waals surface area (Å²) in [5.74, 6) is 2.90. The van der Waals surface area contributed by atoms with Crippen LogP contribution >= 0.6 is 0 Å². The Morgan fingerprint density at radius 2 is 1.91 bits per heavy atom. The van der Waals surface area contributed by atoms with Crippen molar-refractivity contribution < 1.29 is 9.53 Å². The Morgan fingerprint density at radius 1 is 1.09 bits per heavy atom. The highest BCUT2D eigenvalue weighted by atomic mass is 16.5. The molecular weight excluding hydrogens is 426 g/mol. The van der Waals surface area contributed by atoms with Gasteiger partial charge in [0.2, 0.25) is 5.91 Å². The average molecular weight is 464 g/mol. The van der Waals surface area contributed by atoms with Crippen LogP contribution < -0.4 is 10.6 Å². The fraction of sp³-hybridized carbons (Fsp3) is 0.593. The van der Waals surface area contributed by atoms with Crippen LogP contribution in [0.25, 0.3) is 0 Å². The molecule has 1 amide bonds. The van der Waals surface area contributed by atoms with Crippen molar-refractivity contribution >= 4 is 11.7 Å². The van der Waals surface area contributed by atoms with Gasteiger partial charge in [-0.15, -0.1) is 0 Å². The van der Waals surface area contributed by atoms with E-state index in [0.29, 0.717) is 5.92 Å². The van der Waals surface area contributed by atoms with E-state index in [0.717, 1.165) is 83.3 Å². The molecule has 2 saturated carbocycles. The first-order valence-electron chi connectivity index (χ1n) is 13.0. The highest BCUT2D eigenvalue weighted by Crippen LogP contribution is 2.42. The first-order chi connectivity index (χ1) is 16.7. The van der Waals surface area contributed by atoms with Gasteiger partial charge in [0.25, 0.3) is 0 Å². The van der Waals surface area contributed by atoms with E-state index in [2.05, 4.69) is 39.8 Å². The summed E-state index contributed by atoms with van der Waals surface area (Å²) in [6.45, 7) is 6.12. The molecule has 182 valence electrons. The Hall–Kier alpha value is -2.51. The second kappa shape index (κ2) is 11.3. The number of nitrogens with zero attached hydrogens (tertiary/aromatic N) is 3. The summed E-state index contributed by atoms with van der Waals surface area (Å²) in [5.41, 5.74) is 3.81. The maximum Gasteiger partial charge on any atom is 0.223 e. The number of anilines is 1. The molecule has 3 fully saturated rings. The van der Waals surface area contributed by atoms with E-state index >= 15 is 0 Å². The molecule has 1 aliphatic heterocycles. The molecule has 0 bridgehead atoms. The number of aromatic nitrogens is 2. The zero-order valence-electron chi connectivity index (χ0n) is 20.1. The molecule has 0 atom stereocenters. The van der Waals surface area contributed by atoms with Crippen LogP contribution in [0.4, 0.5) is 5.82 Å². The van der Waals surface area contributed by atoms with Crippen molar-refractivity contribution in [2.24, 2.45) is 5.92 Å². The van der Waals surface area contributed by atoms with Gasteiger partial charge in [0.05, 0.1) is 13.2 Å². The number of carbonyl (C=O) groups is 1. The Morgan fingerprint density at radius 3 is 2.68 bits per heavy atom. The van der Waals surface area contributed by atoms with E-state index in [4.69, 9.17) is 14.7 Å². The van der Waals surface area contributed by atoms with Gasteiger partial charge < -0.3 is 15.4 Å². The summed E-state index contributed by atoms with van der Waals surface area (Å²) in [5, 5.41) is 6.61. The molecule has 2 aliphatic carbocycles. The van der Waals surface area contributed by atoms with Crippen molar-refractivity contribution in [2.75, 3.05) is 44.7 Å². The van der Waals surface area contributed by atoms with Crippen LogP contribution in [-0.2, 0) is 22.5 Å². The van der Waals surface area contributed by atoms with E-state index in [9.17, 15) is 4.79 Å². The Balaban J connectivity index is 1.16. The average Bonchev–Trinajstić information content (AvgIpc) is 3.64. The number of hydrogen-bond acceptors (Lipinski definition) is 6. The molecule has 0 unspecified atom stereocenters. The lowest BCUT2D eigenvalue weighted by molar-refractivity contribution is -0.127. The predicted octanol–water partition coefficient (Wildman–Crippen LogP) is 3.50. The van der Waals surface area contributed by atoms with Gasteiger partial charge in [0.15, 0.2) is 0 Å². The minimum Gasteiger partial charge on any atom is -0.379 e. The van der Waals surface area contributed by atoms with Crippen molar-refractivity contribution in [1.29, 1.82) is 0 Å². The van der Waals surface area contributed by atoms with Gasteiger partial charge in [-0.05, 0) is 49.1 Å². The highest BCUT2D eigenvalue weighted by molar-refractivity contribution is 5.79. The molecule has 0 spiro atoms. The molecule has 7 heteroatoms. The molecule has 2 heterocycles. The number of hydrogen-bond donors (Lipinski definition) is 2. The number of ether oxygens (including phenoxy) is 1. The third kappa shape index (κ3) is 6.33. The Bertz CT molecular complexity index is 967. The van der Waals surface area contributed by atoms with Crippen molar-refractivity contribution in [2.45, 2.75) is 57.4 Å². The van der Waals surface area contributed by atoms with Crippen LogP contribution in [0.2, 0.25) is 0 Å². The Kier molecular flexibility index (Phi) is 7.71. The lowest BCUT2D eigenvalue weighted by Crippen LogP contribution is -2.35. The van der Waals surface area contributed by atoms with Gasteiger partial charge in [-0.2, -0.15) is 0 Å². The molecule has 7 nitrogen and oxygen atoms in total. The largest absolute Gasteiger partial charge is 0.379 e. The standard InChI is InChI=1S/C27H37N5O2/c33-27(23-6-2-7-23)29-11-3-10-28-26-24(22-8-9-22)18-30-25(31-26)17-20-4-1-5-21(16-20)19-32-12-14-34-15-13-32/h1,4-5,16,18,22-23H,2-3,6-15,17,19H2,(H,29,33)(H,28,30,31). The summed E-state index contributed by atoms with van der Waals surface area (Å²) < 4.78 is 5.47. The smallest absolute Gasteiger partial charge is 0.223 e. The molecule has 1 saturated heterocycles. The summed E-state index contributed by atoms with van der Waals surface area (Å²) in [6.07, 6.45) is 9.38. The van der Waals surface area contributed by atoms with Crippen molar-refractivity contribution in [3.8, 4) is 0 Å². The van der Waals surface area contributed by atoms with E-state index in [1.807, 2.05) is 6.20 Å². The fourth-order valence-electron chi connectivity index (χ4n) is 4.71. The molecule has 5 rings (SSSR count). The monoisotopic (exact) mass is 463 g/mol. The van der Waals surface area contributed by atoms with Crippen LogP contribution in [0.3, 0.4) is 0 Å². The highest BCUT2D eigenvalue weighted by Gasteiger charge is 2.28. The Labute approximate surface area is 202 Å². The maximum atomic E-state index is 12.0. The summed E-state index contributed by atoms with van der Waals surface area (Å²) in [7, 11) is 0. The van der Waals surface area contributed by atoms with Crippen molar-refractivity contribution in [3.05, 3.63) is 53.0 Å². The molecule has 1 aromatic heterocycles. The lowest BCUT2D eigenvalue weighted by Gasteiger charge is -2.26. The van der Waals surface area contributed by atoms with Crippen LogP contribution in [0, 0.1) is 5.92 Å². The molecule has 1 aromatic carbocycles. The summed E-state index contributed by atoms with van der Waals surface area (Å²) in [4.78, 5) is 24.1. The van der Waals surface area contributed by atoms with Crippen LogP contribution in [0.5, 0.6) is 0 Å². The summed E-state index contributed by atoms with van der Waals surface area (Å²) in [6, 6.07) is 8.79. The van der Waals surface area contributed by atoms with Gasteiger partial charge in [-0.3, -0.25) is 9.69 Å². The lowest BCUT2D eigenvalue weighted by atomic mass is 9.85. The van der Waals surface area contributed by atoms with Gasteiger partial charge >= 0.3 is 0 Å². The van der Waals surface area contributed by atoms with Crippen LogP contribution in [-0.4, -0.2) is 60.2 Å². The minimum absolute atomic E-state index is 0.227. The van der Waals surface area contributed by atoms with E-state index < -0.39 is 0 Å². The number of benzene rings is 1. The normalized spacial score (nSPS) is 18.9. The van der Waals surface area contributed by atoms with Gasteiger partial charge in [-0.1, -0.05) is 30.7 Å². The van der Waals surface area contributed by atoms with Crippen LogP contribution in [0.15, 0.2) is 30.5 Å². The second-order valence-electron chi connectivity index (χ2n) is 9.95. The topological polar surface area (TPSA) is 79.4 Å². The first-order valence-corrected chi connectivity index (χ1v) is 13.0. The maximum absolute atomic E-state index is 12.0. The van der Waals surface area contributed by atoms with Crippen molar-refractivity contribution in [1.82, 2.24) is 20.2 Å². The SMILES string of the molecule is O=C(NCCCNc1nc(Cc2cccc(CN3CCOCC3)c2)ncc1C1CC1)C1CCC1. The zero-order chi connectivity index (χ0) is 23.2. The zero-order valence-corrected chi connectivity index (χ0v) is 20.1. The van der Waals surface area contributed by atoms with E-state index in [1.165, 1.54) is 36.0 Å². The fourth-order valence-corrected chi connectivity index (χ4v) is 4.71. The molecule has 2 N–H and O–H groups in total.